The van der Waals surface area contributed by atoms with Crippen LogP contribution in [-0.2, 0) is 0 Å². The topological polar surface area (TPSA) is 38.0 Å². The lowest BCUT2D eigenvalue weighted by molar-refractivity contribution is 0.131. The lowest BCUT2D eigenvalue weighted by Gasteiger charge is -2.41. The van der Waals surface area contributed by atoms with Crippen LogP contribution < -0.4 is 11.1 Å². The molecule has 1 saturated carbocycles. The molecule has 0 aromatic carbocycles. The molecule has 0 spiro atoms. The van der Waals surface area contributed by atoms with Crippen LogP contribution in [0.1, 0.15) is 25.7 Å². The van der Waals surface area contributed by atoms with E-state index in [2.05, 4.69) is 5.32 Å². The van der Waals surface area contributed by atoms with Crippen molar-refractivity contribution >= 4 is 0 Å². The maximum absolute atomic E-state index is 5.68. The van der Waals surface area contributed by atoms with Gasteiger partial charge in [-0.25, -0.2) is 0 Å². The van der Waals surface area contributed by atoms with Crippen molar-refractivity contribution in [3.8, 4) is 0 Å². The summed E-state index contributed by atoms with van der Waals surface area (Å²) in [6.07, 6.45) is 5.36. The van der Waals surface area contributed by atoms with Gasteiger partial charge in [0.05, 0.1) is 0 Å². The third-order valence-electron chi connectivity index (χ3n) is 2.75. The molecule has 0 saturated heterocycles. The zero-order chi connectivity index (χ0) is 7.45. The lowest BCUT2D eigenvalue weighted by atomic mass is 9.67. The first-order valence-corrected chi connectivity index (χ1v) is 4.18. The molecule has 2 heteroatoms. The van der Waals surface area contributed by atoms with E-state index in [1.165, 1.54) is 25.7 Å². The Morgan fingerprint density at radius 1 is 1.50 bits per heavy atom. The number of nitrogens with two attached hydrogens (primary N) is 1. The minimum Gasteiger partial charge on any atom is -0.330 e. The van der Waals surface area contributed by atoms with Crippen LogP contribution in [0.5, 0.6) is 0 Å². The molecule has 1 aliphatic carbocycles. The normalized spacial score (nSPS) is 22.2. The van der Waals surface area contributed by atoms with Gasteiger partial charge in [-0.05, 0) is 44.8 Å². The summed E-state index contributed by atoms with van der Waals surface area (Å²) in [6.45, 7) is 2.01. The third-order valence-corrected chi connectivity index (χ3v) is 2.75. The molecule has 1 aliphatic rings. The van der Waals surface area contributed by atoms with Crippen molar-refractivity contribution in [3.63, 3.8) is 0 Å². The van der Waals surface area contributed by atoms with Gasteiger partial charge in [0.15, 0.2) is 0 Å². The molecule has 0 aromatic heterocycles. The van der Waals surface area contributed by atoms with Crippen molar-refractivity contribution < 1.29 is 0 Å². The average molecular weight is 142 g/mol. The second-order valence-corrected chi connectivity index (χ2v) is 3.41. The van der Waals surface area contributed by atoms with Crippen LogP contribution in [0.4, 0.5) is 0 Å². The molecule has 3 N–H and O–H groups in total. The second-order valence-electron chi connectivity index (χ2n) is 3.41. The van der Waals surface area contributed by atoms with Crippen LogP contribution in [0.25, 0.3) is 0 Å². The fourth-order valence-electron chi connectivity index (χ4n) is 1.62. The first kappa shape index (κ1) is 8.02. The molecule has 0 bridgehead atoms. The maximum atomic E-state index is 5.68. The van der Waals surface area contributed by atoms with Crippen molar-refractivity contribution in [3.05, 3.63) is 0 Å². The highest BCUT2D eigenvalue weighted by atomic mass is 14.8. The lowest BCUT2D eigenvalue weighted by Crippen LogP contribution is -2.39. The summed E-state index contributed by atoms with van der Waals surface area (Å²) in [5, 5.41) is 3.17. The van der Waals surface area contributed by atoms with Crippen LogP contribution in [-0.4, -0.2) is 20.1 Å². The zero-order valence-electron chi connectivity index (χ0n) is 6.82. The van der Waals surface area contributed by atoms with Gasteiger partial charge in [0.25, 0.3) is 0 Å². The van der Waals surface area contributed by atoms with E-state index in [0.717, 1.165) is 13.1 Å². The minimum atomic E-state index is 0.531. The van der Waals surface area contributed by atoms with Gasteiger partial charge in [0.1, 0.15) is 0 Å². The van der Waals surface area contributed by atoms with E-state index in [0.29, 0.717) is 5.41 Å². The Balaban J connectivity index is 2.20. The molecule has 1 rings (SSSR count). The van der Waals surface area contributed by atoms with Gasteiger partial charge in [-0.15, -0.1) is 0 Å². The number of hydrogen-bond donors (Lipinski definition) is 2. The first-order valence-electron chi connectivity index (χ1n) is 4.18. The fourth-order valence-corrected chi connectivity index (χ4v) is 1.62. The Bertz CT molecular complexity index is 91.9. The predicted octanol–water partition coefficient (Wildman–Crippen LogP) is 0.725. The molecular weight excluding hydrogens is 124 g/mol. The fraction of sp³-hybridized carbons (Fsp3) is 1.00. The van der Waals surface area contributed by atoms with Crippen molar-refractivity contribution in [2.75, 3.05) is 20.1 Å². The minimum absolute atomic E-state index is 0.531. The highest BCUT2D eigenvalue weighted by Gasteiger charge is 2.34. The number of rotatable bonds is 4. The Morgan fingerprint density at radius 2 is 2.20 bits per heavy atom. The SMILES string of the molecule is CNCCC1(CN)CCC1. The first-order chi connectivity index (χ1) is 4.83. The molecular formula is C8H18N2. The van der Waals surface area contributed by atoms with Gasteiger partial charge in [0, 0.05) is 0 Å². The van der Waals surface area contributed by atoms with Crippen LogP contribution in [0.3, 0.4) is 0 Å². The molecule has 0 aromatic rings. The molecule has 0 atom stereocenters. The van der Waals surface area contributed by atoms with Crippen molar-refractivity contribution in [1.29, 1.82) is 0 Å². The van der Waals surface area contributed by atoms with Crippen LogP contribution in [0.15, 0.2) is 0 Å². The van der Waals surface area contributed by atoms with Gasteiger partial charge in [0.2, 0.25) is 0 Å². The van der Waals surface area contributed by atoms with Gasteiger partial charge in [-0.3, -0.25) is 0 Å². The monoisotopic (exact) mass is 142 g/mol. The van der Waals surface area contributed by atoms with Gasteiger partial charge >= 0.3 is 0 Å². The van der Waals surface area contributed by atoms with Crippen molar-refractivity contribution in [2.24, 2.45) is 11.1 Å². The summed E-state index contributed by atoms with van der Waals surface area (Å²) < 4.78 is 0. The largest absolute Gasteiger partial charge is 0.330 e. The van der Waals surface area contributed by atoms with E-state index >= 15 is 0 Å². The third kappa shape index (κ3) is 1.50. The van der Waals surface area contributed by atoms with Crippen molar-refractivity contribution in [1.82, 2.24) is 5.32 Å². The van der Waals surface area contributed by atoms with Crippen LogP contribution in [0.2, 0.25) is 0 Å². The Hall–Kier alpha value is -0.0800. The van der Waals surface area contributed by atoms with Gasteiger partial charge in [-0.1, -0.05) is 6.42 Å². The summed E-state index contributed by atoms with van der Waals surface area (Å²) in [5.41, 5.74) is 6.21. The summed E-state index contributed by atoms with van der Waals surface area (Å²) in [5.74, 6) is 0. The Labute approximate surface area is 63.2 Å². The van der Waals surface area contributed by atoms with Crippen LogP contribution in [0, 0.1) is 5.41 Å². The van der Waals surface area contributed by atoms with E-state index < -0.39 is 0 Å². The van der Waals surface area contributed by atoms with Crippen LogP contribution >= 0.6 is 0 Å². The molecule has 10 heavy (non-hydrogen) atoms. The molecule has 0 aliphatic heterocycles. The van der Waals surface area contributed by atoms with Crippen molar-refractivity contribution in [2.45, 2.75) is 25.7 Å². The molecule has 0 heterocycles. The molecule has 0 amide bonds. The number of hydrogen-bond acceptors (Lipinski definition) is 2. The molecule has 1 fully saturated rings. The molecule has 0 radical (unpaired) electrons. The smallest absolute Gasteiger partial charge is 0.00201 e. The summed E-state index contributed by atoms with van der Waals surface area (Å²) >= 11 is 0. The molecule has 2 nitrogen and oxygen atoms in total. The molecule has 0 unspecified atom stereocenters. The van der Waals surface area contributed by atoms with Gasteiger partial charge in [-0.2, -0.15) is 0 Å². The average Bonchev–Trinajstić information content (AvgIpc) is 1.87. The summed E-state index contributed by atoms with van der Waals surface area (Å²) in [4.78, 5) is 0. The highest BCUT2D eigenvalue weighted by Crippen LogP contribution is 2.42. The second kappa shape index (κ2) is 3.35. The Morgan fingerprint density at radius 3 is 2.50 bits per heavy atom. The van der Waals surface area contributed by atoms with E-state index in [1.54, 1.807) is 0 Å². The van der Waals surface area contributed by atoms with E-state index in [4.69, 9.17) is 5.73 Å². The highest BCUT2D eigenvalue weighted by molar-refractivity contribution is 4.88. The predicted molar refractivity (Wildman–Crippen MR) is 43.9 cm³/mol. The van der Waals surface area contributed by atoms with E-state index in [-0.39, 0.29) is 0 Å². The Kier molecular flexibility index (Phi) is 2.69. The van der Waals surface area contributed by atoms with E-state index in [1.807, 2.05) is 7.05 Å². The quantitative estimate of drug-likeness (QED) is 0.607. The number of nitrogens with one attached hydrogen (secondary N) is 1. The summed E-state index contributed by atoms with van der Waals surface area (Å²) in [6, 6.07) is 0. The summed E-state index contributed by atoms with van der Waals surface area (Å²) in [7, 11) is 2.00. The maximum Gasteiger partial charge on any atom is -0.00201 e. The van der Waals surface area contributed by atoms with E-state index in [9.17, 15) is 0 Å². The zero-order valence-corrected chi connectivity index (χ0v) is 6.82. The molecule has 60 valence electrons. The standard InChI is InChI=1S/C8H18N2/c1-10-6-5-8(7-9)3-2-4-8/h10H,2-7,9H2,1H3. The van der Waals surface area contributed by atoms with Gasteiger partial charge < -0.3 is 11.1 Å².